The van der Waals surface area contributed by atoms with Gasteiger partial charge in [0.05, 0.1) is 12.1 Å². The van der Waals surface area contributed by atoms with Crippen LogP contribution in [0.4, 0.5) is 0 Å². The molecule has 14 nitrogen and oxygen atoms in total. The van der Waals surface area contributed by atoms with Crippen LogP contribution in [-0.2, 0) is 23.8 Å². The largest absolute Gasteiger partial charge is 0.480 e. The van der Waals surface area contributed by atoms with Crippen LogP contribution in [0.1, 0.15) is 6.42 Å². The van der Waals surface area contributed by atoms with Gasteiger partial charge in [0.15, 0.2) is 11.8 Å². The highest BCUT2D eigenvalue weighted by Gasteiger charge is 2.50. The van der Waals surface area contributed by atoms with Gasteiger partial charge in [-0.2, -0.15) is 0 Å². The number of carbonyl (C=O) groups is 3. The molecule has 3 aliphatic heterocycles. The molecule has 170 valence electrons. The minimum atomic E-state index is -3.93. The topological polar surface area (TPSA) is 218 Å². The number of fused-ring (bicyclic) bond motifs is 1. The van der Waals surface area contributed by atoms with Crippen LogP contribution in [0.15, 0.2) is 5.16 Å². The van der Waals surface area contributed by atoms with Gasteiger partial charge in [-0.15, -0.1) is 0 Å². The van der Waals surface area contributed by atoms with E-state index in [1.807, 2.05) is 4.90 Å². The van der Waals surface area contributed by atoms with Gasteiger partial charge >= 0.3 is 25.5 Å². The van der Waals surface area contributed by atoms with Gasteiger partial charge in [0, 0.05) is 26.2 Å². The molecule has 15 heteroatoms. The van der Waals surface area contributed by atoms with Crippen molar-refractivity contribution >= 4 is 31.2 Å². The van der Waals surface area contributed by atoms with Crippen LogP contribution < -0.4 is 10.6 Å². The molecule has 2 saturated heterocycles. The van der Waals surface area contributed by atoms with Crippen molar-refractivity contribution < 1.29 is 48.9 Å². The van der Waals surface area contributed by atoms with Gasteiger partial charge in [-0.3, -0.25) is 24.4 Å². The molecule has 0 bridgehead atoms. The van der Waals surface area contributed by atoms with Crippen LogP contribution in [0, 0.1) is 5.92 Å². The number of nitrogens with one attached hydrogen (secondary N) is 2. The van der Waals surface area contributed by atoms with E-state index in [4.69, 9.17) is 29.9 Å². The monoisotopic (exact) mass is 452 g/mol. The van der Waals surface area contributed by atoms with Crippen LogP contribution in [0.25, 0.3) is 0 Å². The lowest BCUT2D eigenvalue weighted by molar-refractivity contribution is -0.141. The van der Waals surface area contributed by atoms with E-state index in [2.05, 4.69) is 15.8 Å². The van der Waals surface area contributed by atoms with Gasteiger partial charge in [0.1, 0.15) is 12.1 Å². The third-order valence-corrected chi connectivity index (χ3v) is 5.77. The van der Waals surface area contributed by atoms with E-state index in [1.54, 1.807) is 0 Å². The Morgan fingerprint density at radius 3 is 2.43 bits per heavy atom. The fraction of sp³-hybridized carbons (Fsp3) is 0.733. The van der Waals surface area contributed by atoms with Crippen LogP contribution in [0.5, 0.6) is 0 Å². The number of hydrogen-bond acceptors (Lipinski definition) is 9. The molecule has 30 heavy (non-hydrogen) atoms. The zero-order valence-electron chi connectivity index (χ0n) is 15.9. The predicted octanol–water partition coefficient (Wildman–Crippen LogP) is -2.59. The molecule has 1 unspecified atom stereocenters. The Morgan fingerprint density at radius 2 is 1.87 bits per heavy atom. The minimum Gasteiger partial charge on any atom is -0.480 e. The first-order valence-corrected chi connectivity index (χ1v) is 11.0. The van der Waals surface area contributed by atoms with Crippen LogP contribution in [-0.4, -0.2) is 111 Å². The van der Waals surface area contributed by atoms with Crippen molar-refractivity contribution in [2.45, 2.75) is 24.6 Å². The first-order chi connectivity index (χ1) is 14.0. The number of carboxylic acid groups (broad SMARTS) is 3. The van der Waals surface area contributed by atoms with Crippen molar-refractivity contribution in [3.63, 3.8) is 0 Å². The van der Waals surface area contributed by atoms with Crippen molar-refractivity contribution in [3.05, 3.63) is 0 Å². The standard InChI is InChI=1S/C8H17N2O5P.C7H8N2O5/c11-8(12)7-6-10(4-2-9-7)3-1-5-16(13,14)15;10-6(11)4-3-2(1-8-4)14-9-5(3)7(12)13/h7,9H,1-6H2,(H,11,12)(H2,13,14,15);2-4,8H,1H2,(H,10,11)(H,12,13)/t;2-,3-,4-/m.0/s1. The molecule has 2 fully saturated rings. The van der Waals surface area contributed by atoms with Crippen molar-refractivity contribution in [2.24, 2.45) is 11.1 Å². The van der Waals surface area contributed by atoms with E-state index in [0.29, 0.717) is 39.1 Å². The summed E-state index contributed by atoms with van der Waals surface area (Å²) in [7, 11) is -3.93. The van der Waals surface area contributed by atoms with E-state index in [0.717, 1.165) is 0 Å². The van der Waals surface area contributed by atoms with Crippen molar-refractivity contribution in [1.29, 1.82) is 0 Å². The molecule has 0 amide bonds. The number of carboxylic acids is 3. The summed E-state index contributed by atoms with van der Waals surface area (Å²) in [5.74, 6) is -3.89. The molecule has 0 spiro atoms. The molecule has 0 aromatic carbocycles. The molecule has 4 atom stereocenters. The van der Waals surface area contributed by atoms with Crippen molar-refractivity contribution in [2.75, 3.05) is 38.9 Å². The van der Waals surface area contributed by atoms with Gasteiger partial charge in [0.2, 0.25) is 0 Å². The van der Waals surface area contributed by atoms with E-state index in [-0.39, 0.29) is 11.9 Å². The normalized spacial score (nSPS) is 28.5. The summed E-state index contributed by atoms with van der Waals surface area (Å²) in [5, 5.41) is 35.2. The van der Waals surface area contributed by atoms with Crippen molar-refractivity contribution in [3.8, 4) is 0 Å². The average Bonchev–Trinajstić information content (AvgIpc) is 3.23. The zero-order valence-corrected chi connectivity index (χ0v) is 16.8. The minimum absolute atomic E-state index is 0.144. The number of hydrogen-bond donors (Lipinski definition) is 7. The van der Waals surface area contributed by atoms with Crippen LogP contribution >= 0.6 is 7.60 Å². The highest BCUT2D eigenvalue weighted by atomic mass is 31.2. The molecular weight excluding hydrogens is 427 g/mol. The van der Waals surface area contributed by atoms with Crippen molar-refractivity contribution in [1.82, 2.24) is 15.5 Å². The van der Waals surface area contributed by atoms with Gasteiger partial charge in [-0.1, -0.05) is 5.16 Å². The summed E-state index contributed by atoms with van der Waals surface area (Å²) < 4.78 is 10.6. The molecule has 0 aromatic heterocycles. The average molecular weight is 452 g/mol. The Kier molecular flexibility index (Phi) is 8.29. The lowest BCUT2D eigenvalue weighted by Gasteiger charge is -2.31. The number of nitrogens with zero attached hydrogens (tertiary/aromatic N) is 2. The molecule has 0 aromatic rings. The number of piperazine rings is 1. The lowest BCUT2D eigenvalue weighted by atomic mass is 9.94. The van der Waals surface area contributed by atoms with Crippen LogP contribution in [0.3, 0.4) is 0 Å². The van der Waals surface area contributed by atoms with Crippen LogP contribution in [0.2, 0.25) is 0 Å². The maximum atomic E-state index is 10.7. The summed E-state index contributed by atoms with van der Waals surface area (Å²) >= 11 is 0. The Hall–Kier alpha value is -2.09. The first-order valence-electron chi connectivity index (χ1n) is 9.16. The predicted molar refractivity (Wildman–Crippen MR) is 100 cm³/mol. The van der Waals surface area contributed by atoms with E-state index in [9.17, 15) is 18.9 Å². The van der Waals surface area contributed by atoms with E-state index >= 15 is 0 Å². The van der Waals surface area contributed by atoms with Gasteiger partial charge in [-0.25, -0.2) is 4.79 Å². The number of rotatable bonds is 7. The molecule has 0 radical (unpaired) electrons. The second-order valence-corrected chi connectivity index (χ2v) is 8.84. The SMILES string of the molecule is O=C(O)C1=NO[C@H]2CN[C@H](C(=O)O)[C@@H]12.O=C(O)C1CN(CCCP(=O)(O)O)CCN1. The van der Waals surface area contributed by atoms with E-state index < -0.39 is 49.6 Å². The maximum absolute atomic E-state index is 10.7. The highest BCUT2D eigenvalue weighted by molar-refractivity contribution is 7.51. The van der Waals surface area contributed by atoms with E-state index in [1.165, 1.54) is 0 Å². The molecule has 0 aliphatic carbocycles. The summed E-state index contributed by atoms with van der Waals surface area (Å²) in [6.45, 7) is 2.52. The molecule has 7 N–H and O–H groups in total. The number of aliphatic carboxylic acids is 3. The maximum Gasteiger partial charge on any atom is 0.354 e. The smallest absolute Gasteiger partial charge is 0.354 e. The summed E-state index contributed by atoms with van der Waals surface area (Å²) in [6, 6.07) is -1.50. The molecule has 3 aliphatic rings. The fourth-order valence-corrected chi connectivity index (χ4v) is 3.99. The zero-order chi connectivity index (χ0) is 22.5. The number of oxime groups is 1. The third kappa shape index (κ3) is 6.72. The second kappa shape index (κ2) is 10.3. The Balaban J connectivity index is 0.000000215. The summed E-state index contributed by atoms with van der Waals surface area (Å²) in [6.07, 6.45) is -0.229. The Bertz CT molecular complexity index is 741. The second-order valence-electron chi connectivity index (χ2n) is 7.06. The molecular formula is C15H25N4O10P. The molecule has 3 rings (SSSR count). The lowest BCUT2D eigenvalue weighted by Crippen LogP contribution is -2.54. The van der Waals surface area contributed by atoms with Gasteiger partial charge in [-0.05, 0) is 13.0 Å². The van der Waals surface area contributed by atoms with Gasteiger partial charge in [0.25, 0.3) is 0 Å². The summed E-state index contributed by atoms with van der Waals surface area (Å²) in [4.78, 5) is 56.2. The highest BCUT2D eigenvalue weighted by Crippen LogP contribution is 2.34. The molecule has 3 heterocycles. The first kappa shape index (κ1) is 24.2. The quantitative estimate of drug-likeness (QED) is 0.197. The third-order valence-electron chi connectivity index (χ3n) is 4.87. The summed E-state index contributed by atoms with van der Waals surface area (Å²) in [5.41, 5.74) is -0.215. The van der Waals surface area contributed by atoms with Gasteiger partial charge < -0.3 is 35.3 Å². The fourth-order valence-electron chi connectivity index (χ4n) is 3.44. The molecule has 0 saturated carbocycles. The Labute approximate surface area is 171 Å². The Morgan fingerprint density at radius 1 is 1.17 bits per heavy atom.